The van der Waals surface area contributed by atoms with E-state index < -0.39 is 10.0 Å². The summed E-state index contributed by atoms with van der Waals surface area (Å²) in [6.07, 6.45) is 0.937. The standard InChI is InChI=1S/C14H22N2O2S2/c1-4-10(2)11(3)16-20(17,18)9-12-5-7-13(8-6-12)14(15)19/h5-8,10-11,16H,4,9H2,1-3H3,(H2,15,19). The average Bonchev–Trinajstić information content (AvgIpc) is 2.37. The summed E-state index contributed by atoms with van der Waals surface area (Å²) in [4.78, 5) is 0.308. The number of rotatable bonds is 7. The number of hydrogen-bond donors (Lipinski definition) is 2. The first-order chi connectivity index (χ1) is 9.25. The molecule has 0 aliphatic rings. The van der Waals surface area contributed by atoms with Crippen molar-refractivity contribution in [1.29, 1.82) is 0 Å². The van der Waals surface area contributed by atoms with Gasteiger partial charge in [0.25, 0.3) is 0 Å². The van der Waals surface area contributed by atoms with Gasteiger partial charge in [-0.15, -0.1) is 0 Å². The third kappa shape index (κ3) is 5.19. The average molecular weight is 314 g/mol. The molecule has 0 heterocycles. The molecule has 0 spiro atoms. The number of nitrogens with one attached hydrogen (secondary N) is 1. The fourth-order valence-electron chi connectivity index (χ4n) is 1.78. The normalized spacial score (nSPS) is 14.8. The Hall–Kier alpha value is -0.980. The Morgan fingerprint density at radius 1 is 1.30 bits per heavy atom. The second-order valence-corrected chi connectivity index (χ2v) is 7.31. The molecular weight excluding hydrogens is 292 g/mol. The summed E-state index contributed by atoms with van der Waals surface area (Å²) in [7, 11) is -3.34. The van der Waals surface area contributed by atoms with Gasteiger partial charge in [0.05, 0.1) is 5.75 Å². The largest absolute Gasteiger partial charge is 0.389 e. The van der Waals surface area contributed by atoms with Crippen molar-refractivity contribution in [2.75, 3.05) is 0 Å². The molecule has 20 heavy (non-hydrogen) atoms. The summed E-state index contributed by atoms with van der Waals surface area (Å²) >= 11 is 4.86. The minimum atomic E-state index is -3.34. The van der Waals surface area contributed by atoms with Crippen LogP contribution in [0.5, 0.6) is 0 Å². The van der Waals surface area contributed by atoms with Crippen molar-refractivity contribution in [3.8, 4) is 0 Å². The summed E-state index contributed by atoms with van der Waals surface area (Å²) < 4.78 is 26.9. The Morgan fingerprint density at radius 2 is 1.85 bits per heavy atom. The minimum Gasteiger partial charge on any atom is -0.389 e. The lowest BCUT2D eigenvalue weighted by Crippen LogP contribution is -2.37. The van der Waals surface area contributed by atoms with Gasteiger partial charge in [0.2, 0.25) is 10.0 Å². The van der Waals surface area contributed by atoms with Gasteiger partial charge >= 0.3 is 0 Å². The van der Waals surface area contributed by atoms with Gasteiger partial charge in [0, 0.05) is 11.6 Å². The van der Waals surface area contributed by atoms with Crippen LogP contribution in [-0.2, 0) is 15.8 Å². The summed E-state index contributed by atoms with van der Waals surface area (Å²) in [6.45, 7) is 5.97. The van der Waals surface area contributed by atoms with E-state index >= 15 is 0 Å². The smallest absolute Gasteiger partial charge is 0.216 e. The van der Waals surface area contributed by atoms with Crippen molar-refractivity contribution < 1.29 is 8.42 Å². The van der Waals surface area contributed by atoms with Crippen LogP contribution in [-0.4, -0.2) is 19.4 Å². The van der Waals surface area contributed by atoms with E-state index in [0.29, 0.717) is 16.5 Å². The van der Waals surface area contributed by atoms with Gasteiger partial charge in [-0.2, -0.15) is 0 Å². The van der Waals surface area contributed by atoms with E-state index in [1.165, 1.54) is 0 Å². The van der Waals surface area contributed by atoms with E-state index in [4.69, 9.17) is 18.0 Å². The van der Waals surface area contributed by atoms with Gasteiger partial charge in [0.15, 0.2) is 0 Å². The second-order valence-electron chi connectivity index (χ2n) is 5.11. The number of thiocarbonyl (C=S) groups is 1. The Labute approximate surface area is 126 Å². The number of hydrogen-bond acceptors (Lipinski definition) is 3. The van der Waals surface area contributed by atoms with Crippen LogP contribution in [0.1, 0.15) is 38.3 Å². The van der Waals surface area contributed by atoms with Gasteiger partial charge < -0.3 is 5.73 Å². The Kier molecular flexibility index (Phi) is 6.10. The van der Waals surface area contributed by atoms with Crippen LogP contribution in [0.4, 0.5) is 0 Å². The first kappa shape index (κ1) is 17.1. The second kappa shape index (κ2) is 7.15. The Bertz CT molecular complexity index is 553. The summed E-state index contributed by atoms with van der Waals surface area (Å²) in [5.74, 6) is 0.271. The zero-order chi connectivity index (χ0) is 15.3. The molecule has 2 unspecified atom stereocenters. The molecule has 0 bridgehead atoms. The van der Waals surface area contributed by atoms with Gasteiger partial charge in [-0.25, -0.2) is 13.1 Å². The molecule has 0 aliphatic carbocycles. The van der Waals surface area contributed by atoms with Crippen molar-refractivity contribution in [1.82, 2.24) is 4.72 Å². The lowest BCUT2D eigenvalue weighted by Gasteiger charge is -2.19. The molecule has 1 aromatic rings. The fourth-order valence-corrected chi connectivity index (χ4v) is 3.43. The van der Waals surface area contributed by atoms with Gasteiger partial charge in [-0.05, 0) is 18.4 Å². The van der Waals surface area contributed by atoms with E-state index in [1.54, 1.807) is 24.3 Å². The third-order valence-corrected chi connectivity index (χ3v) is 5.14. The molecule has 3 N–H and O–H groups in total. The molecule has 4 nitrogen and oxygen atoms in total. The van der Waals surface area contributed by atoms with Gasteiger partial charge in [0.1, 0.15) is 4.99 Å². The Balaban J connectivity index is 2.73. The molecule has 0 fully saturated rings. The number of nitrogens with two attached hydrogens (primary N) is 1. The Morgan fingerprint density at radius 3 is 2.30 bits per heavy atom. The van der Waals surface area contributed by atoms with Crippen LogP contribution in [0.25, 0.3) is 0 Å². The summed E-state index contributed by atoms with van der Waals surface area (Å²) in [5.41, 5.74) is 6.96. The first-order valence-corrected chi connectivity index (χ1v) is 8.70. The maximum absolute atomic E-state index is 12.1. The molecule has 1 rings (SSSR count). The van der Waals surface area contributed by atoms with E-state index in [1.807, 2.05) is 20.8 Å². The van der Waals surface area contributed by atoms with Gasteiger partial charge in [-0.3, -0.25) is 0 Å². The SMILES string of the molecule is CCC(C)C(C)NS(=O)(=O)Cc1ccc(C(N)=S)cc1. The minimum absolute atomic E-state index is 0.0363. The highest BCUT2D eigenvalue weighted by Crippen LogP contribution is 2.11. The zero-order valence-corrected chi connectivity index (χ0v) is 13.7. The predicted molar refractivity (Wildman–Crippen MR) is 87.0 cm³/mol. The molecule has 2 atom stereocenters. The van der Waals surface area contributed by atoms with Crippen LogP contribution in [0.3, 0.4) is 0 Å². The highest BCUT2D eigenvalue weighted by atomic mass is 32.2. The predicted octanol–water partition coefficient (Wildman–Crippen LogP) is 2.17. The van der Waals surface area contributed by atoms with Crippen LogP contribution in [0, 0.1) is 5.92 Å². The van der Waals surface area contributed by atoms with E-state index in [-0.39, 0.29) is 11.8 Å². The highest BCUT2D eigenvalue weighted by Gasteiger charge is 2.18. The summed E-state index contributed by atoms with van der Waals surface area (Å²) in [5, 5.41) is 0. The van der Waals surface area contributed by atoms with E-state index in [0.717, 1.165) is 12.0 Å². The zero-order valence-electron chi connectivity index (χ0n) is 12.1. The molecule has 0 aliphatic heterocycles. The lowest BCUT2D eigenvalue weighted by atomic mass is 10.0. The molecule has 0 aromatic heterocycles. The van der Waals surface area contributed by atoms with E-state index in [9.17, 15) is 8.42 Å². The fraction of sp³-hybridized carbons (Fsp3) is 0.500. The van der Waals surface area contributed by atoms with Crippen molar-refractivity contribution in [2.24, 2.45) is 11.7 Å². The molecule has 1 aromatic carbocycles. The molecule has 112 valence electrons. The van der Waals surface area contributed by atoms with Crippen molar-refractivity contribution in [3.63, 3.8) is 0 Å². The van der Waals surface area contributed by atoms with Crippen LogP contribution < -0.4 is 10.5 Å². The third-order valence-electron chi connectivity index (χ3n) is 3.46. The van der Waals surface area contributed by atoms with E-state index in [2.05, 4.69) is 4.72 Å². The van der Waals surface area contributed by atoms with Crippen molar-refractivity contribution in [3.05, 3.63) is 35.4 Å². The first-order valence-electron chi connectivity index (χ1n) is 6.64. The highest BCUT2D eigenvalue weighted by molar-refractivity contribution is 7.88. The molecule has 0 saturated heterocycles. The maximum atomic E-state index is 12.1. The monoisotopic (exact) mass is 314 g/mol. The maximum Gasteiger partial charge on any atom is 0.216 e. The molecule has 0 radical (unpaired) electrons. The van der Waals surface area contributed by atoms with Crippen molar-refractivity contribution in [2.45, 2.75) is 39.0 Å². The molecule has 0 saturated carbocycles. The van der Waals surface area contributed by atoms with Crippen LogP contribution >= 0.6 is 12.2 Å². The number of sulfonamides is 1. The number of benzene rings is 1. The van der Waals surface area contributed by atoms with Crippen LogP contribution in [0.15, 0.2) is 24.3 Å². The van der Waals surface area contributed by atoms with Crippen LogP contribution in [0.2, 0.25) is 0 Å². The molecule has 6 heteroatoms. The van der Waals surface area contributed by atoms with Crippen molar-refractivity contribution >= 4 is 27.2 Å². The quantitative estimate of drug-likeness (QED) is 0.757. The molecule has 0 amide bonds. The van der Waals surface area contributed by atoms with Gasteiger partial charge in [-0.1, -0.05) is 56.8 Å². The molecular formula is C14H22N2O2S2. The lowest BCUT2D eigenvalue weighted by molar-refractivity contribution is 0.434. The topological polar surface area (TPSA) is 72.2 Å². The summed E-state index contributed by atoms with van der Waals surface area (Å²) in [6, 6.07) is 6.89.